The molecule has 24 heavy (non-hydrogen) atoms. The summed E-state index contributed by atoms with van der Waals surface area (Å²) in [6, 6.07) is 8.55. The van der Waals surface area contributed by atoms with Crippen LogP contribution < -0.4 is 5.32 Å². The van der Waals surface area contributed by atoms with Crippen molar-refractivity contribution < 1.29 is 23.2 Å². The van der Waals surface area contributed by atoms with Crippen LogP contribution in [0.3, 0.4) is 0 Å². The van der Waals surface area contributed by atoms with Crippen molar-refractivity contribution >= 4 is 23.2 Å². The molecule has 3 aromatic rings. The van der Waals surface area contributed by atoms with E-state index in [-0.39, 0.29) is 22.2 Å². The van der Waals surface area contributed by atoms with Gasteiger partial charge in [0.05, 0.1) is 5.69 Å². The Hall–Kier alpha value is -2.93. The molecule has 0 spiro atoms. The third kappa shape index (κ3) is 3.21. The van der Waals surface area contributed by atoms with Gasteiger partial charge in [-0.3, -0.25) is 4.79 Å². The zero-order valence-electron chi connectivity index (χ0n) is 11.9. The quantitative estimate of drug-likeness (QED) is 0.741. The normalized spacial score (nSPS) is 10.6. The van der Waals surface area contributed by atoms with Gasteiger partial charge in [-0.1, -0.05) is 16.8 Å². The molecule has 122 valence electrons. The largest absolute Gasteiger partial charge is 0.505 e. The maximum Gasteiger partial charge on any atom is 0.277 e. The van der Waals surface area contributed by atoms with E-state index in [1.165, 1.54) is 24.3 Å². The first kappa shape index (κ1) is 15.9. The maximum atomic E-state index is 13.6. The van der Waals surface area contributed by atoms with Gasteiger partial charge in [-0.05, 0) is 36.4 Å². The molecule has 0 aliphatic heterocycles. The number of halogens is 3. The molecule has 5 nitrogen and oxygen atoms in total. The van der Waals surface area contributed by atoms with E-state index in [0.29, 0.717) is 5.56 Å². The molecule has 0 radical (unpaired) electrons. The first-order chi connectivity index (χ1) is 11.4. The zero-order chi connectivity index (χ0) is 17.3. The number of rotatable bonds is 3. The van der Waals surface area contributed by atoms with E-state index >= 15 is 0 Å². The lowest BCUT2D eigenvalue weighted by Gasteiger charge is -2.04. The van der Waals surface area contributed by atoms with E-state index < -0.39 is 23.3 Å². The molecule has 0 aliphatic rings. The third-order valence-corrected chi connectivity index (χ3v) is 3.39. The van der Waals surface area contributed by atoms with Gasteiger partial charge in [0.1, 0.15) is 5.82 Å². The van der Waals surface area contributed by atoms with Crippen molar-refractivity contribution in [3.8, 4) is 17.1 Å². The predicted molar refractivity (Wildman–Crippen MR) is 82.9 cm³/mol. The second-order valence-electron chi connectivity index (χ2n) is 4.82. The van der Waals surface area contributed by atoms with Crippen molar-refractivity contribution in [3.05, 3.63) is 64.8 Å². The highest BCUT2D eigenvalue weighted by atomic mass is 35.5. The Morgan fingerprint density at radius 1 is 1.12 bits per heavy atom. The highest BCUT2D eigenvalue weighted by Crippen LogP contribution is 2.26. The van der Waals surface area contributed by atoms with Crippen LogP contribution in [0.1, 0.15) is 10.5 Å². The van der Waals surface area contributed by atoms with E-state index in [4.69, 9.17) is 16.1 Å². The highest BCUT2D eigenvalue weighted by Gasteiger charge is 2.16. The molecular formula is C16H9ClF2N2O3. The summed E-state index contributed by atoms with van der Waals surface area (Å²) in [5.74, 6) is -2.57. The number of carbonyl (C=O) groups is 1. The van der Waals surface area contributed by atoms with Crippen LogP contribution in [0.15, 0.2) is 47.0 Å². The van der Waals surface area contributed by atoms with Gasteiger partial charge in [0, 0.05) is 16.7 Å². The Morgan fingerprint density at radius 2 is 1.88 bits per heavy atom. The molecule has 1 aromatic heterocycles. The number of hydrogen-bond donors (Lipinski definition) is 2. The Kier molecular flexibility index (Phi) is 4.18. The monoisotopic (exact) mass is 350 g/mol. The molecule has 2 N–H and O–H groups in total. The second-order valence-corrected chi connectivity index (χ2v) is 5.26. The van der Waals surface area contributed by atoms with Crippen molar-refractivity contribution in [1.82, 2.24) is 5.16 Å². The third-order valence-electron chi connectivity index (χ3n) is 3.15. The summed E-state index contributed by atoms with van der Waals surface area (Å²) in [5.41, 5.74) is 0.110. The summed E-state index contributed by atoms with van der Waals surface area (Å²) in [7, 11) is 0. The Labute approximate surface area is 139 Å². The lowest BCUT2D eigenvalue weighted by atomic mass is 10.1. The molecule has 1 heterocycles. The Bertz CT molecular complexity index is 927. The van der Waals surface area contributed by atoms with Crippen molar-refractivity contribution in [2.24, 2.45) is 0 Å². The lowest BCUT2D eigenvalue weighted by Crippen LogP contribution is -2.13. The van der Waals surface area contributed by atoms with E-state index in [9.17, 15) is 18.7 Å². The van der Waals surface area contributed by atoms with E-state index in [0.717, 1.165) is 18.2 Å². The topological polar surface area (TPSA) is 75.4 Å². The average Bonchev–Trinajstić information content (AvgIpc) is 3.03. The van der Waals surface area contributed by atoms with Gasteiger partial charge in [0.15, 0.2) is 23.0 Å². The predicted octanol–water partition coefficient (Wildman–Crippen LogP) is 4.23. The van der Waals surface area contributed by atoms with Gasteiger partial charge in [-0.25, -0.2) is 8.78 Å². The van der Waals surface area contributed by atoms with Gasteiger partial charge in [0.2, 0.25) is 0 Å². The number of aromatic hydroxyl groups is 1. The first-order valence-corrected chi connectivity index (χ1v) is 7.04. The summed E-state index contributed by atoms with van der Waals surface area (Å²) in [6.45, 7) is 0. The van der Waals surface area contributed by atoms with E-state index in [1.54, 1.807) is 0 Å². The number of amides is 1. The average molecular weight is 351 g/mol. The second kappa shape index (κ2) is 6.29. The van der Waals surface area contributed by atoms with Crippen molar-refractivity contribution in [3.63, 3.8) is 0 Å². The number of phenols is 1. The number of phenolic OH excluding ortho intramolecular Hbond substituents is 1. The van der Waals surface area contributed by atoms with E-state index in [2.05, 4.69) is 10.5 Å². The van der Waals surface area contributed by atoms with Crippen LogP contribution in [0.5, 0.6) is 5.75 Å². The maximum absolute atomic E-state index is 13.6. The van der Waals surface area contributed by atoms with Crippen LogP contribution >= 0.6 is 11.6 Å². The fourth-order valence-corrected chi connectivity index (χ4v) is 2.14. The minimum atomic E-state index is -0.785. The number of aromatic nitrogens is 1. The van der Waals surface area contributed by atoms with Gasteiger partial charge in [0.25, 0.3) is 5.91 Å². The number of anilines is 1. The van der Waals surface area contributed by atoms with Crippen LogP contribution in [0, 0.1) is 11.6 Å². The Morgan fingerprint density at radius 3 is 2.62 bits per heavy atom. The number of carbonyl (C=O) groups excluding carboxylic acids is 1. The molecule has 0 saturated carbocycles. The van der Waals surface area contributed by atoms with Crippen LogP contribution in [0.2, 0.25) is 5.02 Å². The van der Waals surface area contributed by atoms with Crippen LogP contribution in [-0.2, 0) is 0 Å². The van der Waals surface area contributed by atoms with Crippen LogP contribution in [0.25, 0.3) is 11.3 Å². The van der Waals surface area contributed by atoms with Gasteiger partial charge < -0.3 is 14.9 Å². The Balaban J connectivity index is 1.83. The minimum Gasteiger partial charge on any atom is -0.505 e. The molecular weight excluding hydrogens is 342 g/mol. The molecule has 8 heteroatoms. The fourth-order valence-electron chi connectivity index (χ4n) is 1.96. The molecule has 3 rings (SSSR count). The molecule has 0 fully saturated rings. The molecule has 0 atom stereocenters. The smallest absolute Gasteiger partial charge is 0.277 e. The SMILES string of the molecule is O=C(Nc1cc(Cl)ccc1F)c1cc(-c2ccc(F)c(O)c2)on1. The minimum absolute atomic E-state index is 0.100. The zero-order valence-corrected chi connectivity index (χ0v) is 12.6. The summed E-state index contributed by atoms with van der Waals surface area (Å²) in [6.07, 6.45) is 0. The summed E-state index contributed by atoms with van der Waals surface area (Å²) < 4.78 is 31.7. The van der Waals surface area contributed by atoms with Gasteiger partial charge in [-0.2, -0.15) is 0 Å². The van der Waals surface area contributed by atoms with Crippen molar-refractivity contribution in [1.29, 1.82) is 0 Å². The van der Waals surface area contributed by atoms with Crippen LogP contribution in [-0.4, -0.2) is 16.2 Å². The lowest BCUT2D eigenvalue weighted by molar-refractivity contribution is 0.101. The number of hydrogen-bond acceptors (Lipinski definition) is 4. The van der Waals surface area contributed by atoms with E-state index in [1.807, 2.05) is 0 Å². The number of benzene rings is 2. The summed E-state index contributed by atoms with van der Waals surface area (Å²) in [5, 5.41) is 15.5. The molecule has 0 unspecified atom stereocenters. The van der Waals surface area contributed by atoms with Gasteiger partial charge in [-0.15, -0.1) is 0 Å². The molecule has 2 aromatic carbocycles. The fraction of sp³-hybridized carbons (Fsp3) is 0. The standard InChI is InChI=1S/C16H9ClF2N2O3/c17-9-2-4-10(18)12(6-9)20-16(23)13-7-15(24-21-13)8-1-3-11(19)14(22)5-8/h1-7,22H,(H,20,23). The summed E-state index contributed by atoms with van der Waals surface area (Å²) in [4.78, 5) is 12.1. The first-order valence-electron chi connectivity index (χ1n) is 6.66. The number of nitrogens with zero attached hydrogens (tertiary/aromatic N) is 1. The molecule has 0 aliphatic carbocycles. The van der Waals surface area contributed by atoms with Gasteiger partial charge >= 0.3 is 0 Å². The number of nitrogens with one attached hydrogen (secondary N) is 1. The molecule has 1 amide bonds. The van der Waals surface area contributed by atoms with Crippen molar-refractivity contribution in [2.75, 3.05) is 5.32 Å². The van der Waals surface area contributed by atoms with Crippen LogP contribution in [0.4, 0.5) is 14.5 Å². The van der Waals surface area contributed by atoms with Crippen molar-refractivity contribution in [2.45, 2.75) is 0 Å². The highest BCUT2D eigenvalue weighted by molar-refractivity contribution is 6.31. The molecule has 0 saturated heterocycles. The molecule has 0 bridgehead atoms. The summed E-state index contributed by atoms with van der Waals surface area (Å²) >= 11 is 5.75.